The molecule has 0 radical (unpaired) electrons. The first-order valence-corrected chi connectivity index (χ1v) is 15.2. The summed E-state index contributed by atoms with van der Waals surface area (Å²) in [4.78, 5) is 0. The molecule has 0 aromatic carbocycles. The van der Waals surface area contributed by atoms with Crippen molar-refractivity contribution in [3.63, 3.8) is 0 Å². The fourth-order valence-electron chi connectivity index (χ4n) is 0. The van der Waals surface area contributed by atoms with Gasteiger partial charge in [0.05, 0.1) is 0 Å². The molecule has 0 aliphatic heterocycles. The van der Waals surface area contributed by atoms with Crippen molar-refractivity contribution < 1.29 is 48.7 Å². The molecule has 0 spiro atoms. The van der Waals surface area contributed by atoms with E-state index in [0.717, 1.165) is 0 Å². The summed E-state index contributed by atoms with van der Waals surface area (Å²) in [6.07, 6.45) is 0. The molecule has 8 heteroatoms. The Bertz CT molecular complexity index is 29.5. The number of halogens is 4. The van der Waals surface area contributed by atoms with Crippen molar-refractivity contribution in [3.05, 3.63) is 0 Å². The Morgan fingerprint density at radius 1 is 0.750 bits per heavy atom. The van der Waals surface area contributed by atoms with Crippen molar-refractivity contribution in [1.29, 1.82) is 0 Å². The van der Waals surface area contributed by atoms with E-state index in [4.69, 9.17) is 35.7 Å². The summed E-state index contributed by atoms with van der Waals surface area (Å²) < 4.78 is 0. The van der Waals surface area contributed by atoms with Crippen LogP contribution in [-0.2, 0) is 0 Å². The van der Waals surface area contributed by atoms with Crippen LogP contribution in [0.2, 0.25) is 0 Å². The van der Waals surface area contributed by atoms with Crippen LogP contribution in [0.3, 0.4) is 0 Å². The molecule has 0 saturated heterocycles. The van der Waals surface area contributed by atoms with Crippen molar-refractivity contribution in [2.24, 2.45) is 0 Å². The van der Waals surface area contributed by atoms with Gasteiger partial charge < -0.3 is 11.0 Å². The van der Waals surface area contributed by atoms with E-state index >= 15 is 0 Å². The molecule has 0 bridgehead atoms. The molecule has 0 fully saturated rings. The molecule has 4 N–H and O–H groups in total. The van der Waals surface area contributed by atoms with Crippen LogP contribution in [0.15, 0.2) is 0 Å². The maximum atomic E-state index is 5.04. The Labute approximate surface area is 96.2 Å². The summed E-state index contributed by atoms with van der Waals surface area (Å²) in [6, 6.07) is 0. The van der Waals surface area contributed by atoms with Crippen LogP contribution in [0.1, 0.15) is 0 Å². The normalized spacial score (nSPS) is 7.50. The average molecular weight is 337 g/mol. The van der Waals surface area contributed by atoms with Gasteiger partial charge in [-0.2, -0.15) is 0 Å². The van der Waals surface area contributed by atoms with Crippen LogP contribution in [0, 0.1) is 37.7 Å². The van der Waals surface area contributed by atoms with Crippen LogP contribution >= 0.6 is 35.7 Å². The van der Waals surface area contributed by atoms with E-state index in [1.165, 1.54) is 0 Å². The van der Waals surface area contributed by atoms with E-state index in [1.807, 2.05) is 0 Å². The molecule has 0 atom stereocenters. The Balaban J connectivity index is -0.0000000267. The molecular weight excluding hydrogens is 332 g/mol. The molecule has 0 aromatic heterocycles. The van der Waals surface area contributed by atoms with Gasteiger partial charge in [0.15, 0.2) is 0 Å². The van der Waals surface area contributed by atoms with Crippen LogP contribution in [0.5, 0.6) is 0 Å². The SMILES string of the molecule is O.O.[Ar].[Cl][Sn]([Cl])([Cl])[Cl]. The van der Waals surface area contributed by atoms with Crippen molar-refractivity contribution in [3.8, 4) is 0 Å². The van der Waals surface area contributed by atoms with Gasteiger partial charge in [-0.15, -0.1) is 0 Å². The van der Waals surface area contributed by atoms with Gasteiger partial charge in [0.1, 0.15) is 0 Å². The monoisotopic (exact) mass is 336 g/mol. The molecular formula is H4ArCl4O2Sn. The zero-order valence-corrected chi connectivity index (χ0v) is 9.95. The zero-order chi connectivity index (χ0) is 4.50. The Morgan fingerprint density at radius 2 is 0.750 bits per heavy atom. The van der Waals surface area contributed by atoms with Crippen molar-refractivity contribution in [2.45, 2.75) is 0 Å². The molecule has 0 saturated carbocycles. The fourth-order valence-corrected chi connectivity index (χ4v) is 0. The molecule has 8 heavy (non-hydrogen) atoms. The van der Waals surface area contributed by atoms with Gasteiger partial charge in [0, 0.05) is 37.7 Å². The number of hydrogen-bond donors (Lipinski definition) is 0. The van der Waals surface area contributed by atoms with Crippen LogP contribution < -0.4 is 0 Å². The second kappa shape index (κ2) is 10.1. The third-order valence-corrected chi connectivity index (χ3v) is 0. The van der Waals surface area contributed by atoms with Gasteiger partial charge >= 0.3 is 49.6 Å². The first kappa shape index (κ1) is 22.5. The molecule has 0 aromatic rings. The van der Waals surface area contributed by atoms with E-state index in [2.05, 4.69) is 0 Å². The van der Waals surface area contributed by atoms with E-state index in [9.17, 15) is 0 Å². The summed E-state index contributed by atoms with van der Waals surface area (Å²) in [5, 5.41) is 0. The first-order valence-electron chi connectivity index (χ1n) is 0.756. The van der Waals surface area contributed by atoms with Crippen molar-refractivity contribution in [1.82, 2.24) is 0 Å². The Hall–Kier alpha value is 3.14. The van der Waals surface area contributed by atoms with Gasteiger partial charge in [0.2, 0.25) is 0 Å². The number of rotatable bonds is 0. The zero-order valence-electron chi connectivity index (χ0n) is 3.37. The third-order valence-electron chi connectivity index (χ3n) is 0. The molecule has 2 nitrogen and oxygen atoms in total. The predicted molar refractivity (Wildman–Crippen MR) is 36.4 cm³/mol. The van der Waals surface area contributed by atoms with Gasteiger partial charge in [-0.05, 0) is 0 Å². The second-order valence-electron chi connectivity index (χ2n) is 0.429. The van der Waals surface area contributed by atoms with E-state index in [-0.39, 0.29) is 48.7 Å². The summed E-state index contributed by atoms with van der Waals surface area (Å²) in [5.41, 5.74) is 0. The second-order valence-corrected chi connectivity index (χ2v) is 25.9. The Kier molecular flexibility index (Phi) is 28.5. The third kappa shape index (κ3) is 61.5. The molecule has 0 aliphatic carbocycles. The summed E-state index contributed by atoms with van der Waals surface area (Å²) in [7, 11) is 20.1. The molecule has 0 rings (SSSR count). The van der Waals surface area contributed by atoms with Gasteiger partial charge in [-0.3, -0.25) is 0 Å². The number of hydrogen-bond acceptors (Lipinski definition) is 0. The molecule has 0 amide bonds. The Morgan fingerprint density at radius 3 is 0.750 bits per heavy atom. The van der Waals surface area contributed by atoms with Crippen LogP contribution in [0.25, 0.3) is 0 Å². The topological polar surface area (TPSA) is 63.0 Å². The van der Waals surface area contributed by atoms with Gasteiger partial charge in [-0.1, -0.05) is 0 Å². The minimum absolute atomic E-state index is 0. The molecule has 0 heterocycles. The fraction of sp³-hybridized carbons (Fsp3) is 0. The van der Waals surface area contributed by atoms with E-state index in [0.29, 0.717) is 0 Å². The minimum atomic E-state index is -3.29. The maximum absolute atomic E-state index is 5.04. The molecule has 0 unspecified atom stereocenters. The van der Waals surface area contributed by atoms with Crippen LogP contribution in [0.4, 0.5) is 0 Å². The summed E-state index contributed by atoms with van der Waals surface area (Å²) >= 11 is -3.29. The van der Waals surface area contributed by atoms with Gasteiger partial charge in [0.25, 0.3) is 0 Å². The first-order chi connectivity index (χ1) is 2.00. The summed E-state index contributed by atoms with van der Waals surface area (Å²) in [6.45, 7) is 0. The van der Waals surface area contributed by atoms with Gasteiger partial charge in [-0.25, -0.2) is 0 Å². The van der Waals surface area contributed by atoms with E-state index < -0.39 is 13.9 Å². The summed E-state index contributed by atoms with van der Waals surface area (Å²) in [5.74, 6) is 0. The average Bonchev–Trinajstić information content (AvgIpc) is 0.722. The van der Waals surface area contributed by atoms with Crippen molar-refractivity contribution >= 4 is 49.6 Å². The quantitative estimate of drug-likeness (QED) is 0.586. The predicted octanol–water partition coefficient (Wildman–Crippen LogP) is 0.728. The van der Waals surface area contributed by atoms with Crippen LogP contribution in [-0.4, -0.2) is 24.8 Å². The van der Waals surface area contributed by atoms with E-state index in [1.54, 1.807) is 0 Å². The van der Waals surface area contributed by atoms with Crippen molar-refractivity contribution in [2.75, 3.05) is 0 Å². The molecule has 56 valence electrons. The standard InChI is InChI=1S/Ar.4ClH.2H2O.Sn/h;4*1H;2*1H2;/q;;;;;;;+4/p-4. The molecule has 0 aliphatic rings.